The number of rotatable bonds is 8. The fourth-order valence-corrected chi connectivity index (χ4v) is 5.26. The van der Waals surface area contributed by atoms with Gasteiger partial charge < -0.3 is 25.2 Å². The zero-order valence-electron chi connectivity index (χ0n) is 17.4. The van der Waals surface area contributed by atoms with Gasteiger partial charge in [0, 0.05) is 10.6 Å². The van der Waals surface area contributed by atoms with Gasteiger partial charge in [-0.25, -0.2) is 4.79 Å². The van der Waals surface area contributed by atoms with Crippen molar-refractivity contribution >= 4 is 58.7 Å². The highest BCUT2D eigenvalue weighted by Crippen LogP contribution is 2.39. The van der Waals surface area contributed by atoms with Crippen molar-refractivity contribution in [3.8, 4) is 0 Å². The second-order valence-electron chi connectivity index (χ2n) is 6.81. The Kier molecular flexibility index (Phi) is 7.38. The van der Waals surface area contributed by atoms with Crippen LogP contribution in [0, 0.1) is 5.92 Å². The molecule has 1 aromatic heterocycles. The number of thioether (sulfide) groups is 1. The van der Waals surface area contributed by atoms with Gasteiger partial charge in [-0.1, -0.05) is 6.07 Å². The number of nitrogens with zero attached hydrogens (tertiary/aromatic N) is 1. The molecule has 3 amide bonds. The summed E-state index contributed by atoms with van der Waals surface area (Å²) in [5.74, 6) is -8.10. The summed E-state index contributed by atoms with van der Waals surface area (Å²) in [5.41, 5.74) is -0.683. The molecule has 0 spiro atoms. The molecule has 2 aliphatic heterocycles. The summed E-state index contributed by atoms with van der Waals surface area (Å²) in [6, 6.07) is 2.66. The van der Waals surface area contributed by atoms with E-state index in [0.29, 0.717) is 0 Å². The average Bonchev–Trinajstić information content (AvgIpc) is 3.29. The van der Waals surface area contributed by atoms with Gasteiger partial charge in [0.25, 0.3) is 5.91 Å². The molecule has 0 radical (unpaired) electrons. The monoisotopic (exact) mass is 497 g/mol. The molecule has 3 rings (SSSR count). The van der Waals surface area contributed by atoms with Gasteiger partial charge in [0.15, 0.2) is 5.70 Å². The van der Waals surface area contributed by atoms with Crippen LogP contribution in [0.2, 0.25) is 0 Å². The van der Waals surface area contributed by atoms with Gasteiger partial charge in [0.05, 0.1) is 26.3 Å². The normalized spacial score (nSPS) is 19.4. The number of ether oxygens (including phenoxy) is 2. The highest BCUT2D eigenvalue weighted by atomic mass is 32.2. The maximum Gasteiger partial charge on any atom is 0.354 e. The number of amides is 3. The van der Waals surface area contributed by atoms with E-state index in [-0.39, 0.29) is 23.8 Å². The van der Waals surface area contributed by atoms with Gasteiger partial charge in [-0.2, -0.15) is 0 Å². The summed E-state index contributed by atoms with van der Waals surface area (Å²) < 4.78 is 8.87. The molecule has 0 aliphatic carbocycles. The predicted octanol–water partition coefficient (Wildman–Crippen LogP) is -0.935. The molecule has 0 aromatic carbocycles. The Labute approximate surface area is 195 Å². The third kappa shape index (κ3) is 4.85. The van der Waals surface area contributed by atoms with Gasteiger partial charge in [-0.15, -0.1) is 23.1 Å². The van der Waals surface area contributed by atoms with E-state index in [1.807, 2.05) is 5.38 Å². The average molecular weight is 498 g/mol. The summed E-state index contributed by atoms with van der Waals surface area (Å²) in [6.07, 6.45) is 0.0875. The number of carboxylic acids is 1. The van der Waals surface area contributed by atoms with Gasteiger partial charge in [-0.3, -0.25) is 28.9 Å². The first kappa shape index (κ1) is 24.3. The summed E-state index contributed by atoms with van der Waals surface area (Å²) in [6.45, 7) is 0. The fourth-order valence-electron chi connectivity index (χ4n) is 3.28. The number of esters is 2. The second-order valence-corrected chi connectivity index (χ2v) is 8.95. The second kappa shape index (κ2) is 10.0. The highest BCUT2D eigenvalue weighted by molar-refractivity contribution is 8.00. The van der Waals surface area contributed by atoms with Crippen LogP contribution in [-0.4, -0.2) is 77.0 Å². The van der Waals surface area contributed by atoms with Gasteiger partial charge >= 0.3 is 17.9 Å². The predicted molar refractivity (Wildman–Crippen MR) is 113 cm³/mol. The van der Waals surface area contributed by atoms with Gasteiger partial charge in [-0.05, 0) is 11.4 Å². The van der Waals surface area contributed by atoms with Gasteiger partial charge in [0.1, 0.15) is 11.4 Å². The zero-order chi connectivity index (χ0) is 24.3. The van der Waals surface area contributed by atoms with Crippen molar-refractivity contribution in [2.75, 3.05) is 20.0 Å². The molecule has 2 atom stereocenters. The molecule has 14 heteroatoms. The van der Waals surface area contributed by atoms with Crippen LogP contribution in [0.15, 0.2) is 28.9 Å². The summed E-state index contributed by atoms with van der Waals surface area (Å²) in [4.78, 5) is 74.8. The molecule has 1 unspecified atom stereocenters. The fraction of sp³-hybridized carbons (Fsp3) is 0.368. The van der Waals surface area contributed by atoms with Crippen LogP contribution in [0.3, 0.4) is 0 Å². The molecule has 2 aliphatic rings. The smallest absolute Gasteiger partial charge is 0.354 e. The molecule has 3 heterocycles. The number of carbonyl (C=O) groups is 6. The molecule has 0 saturated carbocycles. The molecule has 33 heavy (non-hydrogen) atoms. The minimum atomic E-state index is -1.97. The van der Waals surface area contributed by atoms with E-state index >= 15 is 0 Å². The molecule has 1 aromatic rings. The van der Waals surface area contributed by atoms with E-state index in [4.69, 9.17) is 0 Å². The zero-order valence-corrected chi connectivity index (χ0v) is 19.0. The van der Waals surface area contributed by atoms with Crippen molar-refractivity contribution in [1.82, 2.24) is 15.5 Å². The largest absolute Gasteiger partial charge is 0.477 e. The van der Waals surface area contributed by atoms with Crippen molar-refractivity contribution in [3.63, 3.8) is 0 Å². The van der Waals surface area contributed by atoms with Crippen LogP contribution < -0.4 is 10.6 Å². The Morgan fingerprint density at radius 2 is 1.88 bits per heavy atom. The maximum atomic E-state index is 12.7. The number of fused-ring (bicyclic) bond motifs is 1. The number of hydrogen-bond acceptors (Lipinski definition) is 10. The number of carboxylic acid groups (broad SMARTS) is 1. The molecule has 1 fully saturated rings. The molecule has 0 bridgehead atoms. The Hall–Kier alpha value is -3.39. The van der Waals surface area contributed by atoms with Crippen LogP contribution in [-0.2, 0) is 44.7 Å². The third-order valence-corrected chi connectivity index (χ3v) is 6.97. The number of β-lactam (4-membered cyclic amide) rings is 1. The first-order chi connectivity index (χ1) is 15.7. The number of nitrogens with one attached hydrogen (secondary N) is 2. The minimum Gasteiger partial charge on any atom is -0.477 e. The van der Waals surface area contributed by atoms with E-state index in [9.17, 15) is 33.9 Å². The molecular formula is C19H19N3O9S2. The lowest BCUT2D eigenvalue weighted by Gasteiger charge is -2.49. The molecule has 1 saturated heterocycles. The van der Waals surface area contributed by atoms with E-state index in [1.54, 1.807) is 12.1 Å². The molecular weight excluding hydrogens is 478 g/mol. The Morgan fingerprint density at radius 1 is 1.21 bits per heavy atom. The number of carbonyl (C=O) groups excluding carboxylic acids is 5. The van der Waals surface area contributed by atoms with E-state index in [1.165, 1.54) is 11.3 Å². The van der Waals surface area contributed by atoms with Crippen LogP contribution in [0.5, 0.6) is 0 Å². The standard InChI is InChI=1S/C19H19N3O9S2/c1-30-18(28)11(19(29)31-2)14(24)20-9-7-33-16-12(15(25)22(16)13(9)17(26)27)21-10(23)6-8-4-3-5-32-8/h3-5,11-12,16H,6-7H2,1-2H3,(H,20,24)(H,21,23)(H,26,27)/t12?,16-/m1/s1. The Balaban J connectivity index is 1.76. The van der Waals surface area contributed by atoms with Crippen molar-refractivity contribution in [2.24, 2.45) is 5.92 Å². The lowest BCUT2D eigenvalue weighted by Crippen LogP contribution is -2.71. The summed E-state index contributed by atoms with van der Waals surface area (Å²) in [5, 5.41) is 15.6. The van der Waals surface area contributed by atoms with Crippen LogP contribution in [0.1, 0.15) is 4.88 Å². The number of aliphatic carboxylic acids is 1. The molecule has 3 N–H and O–H groups in total. The Bertz CT molecular complexity index is 1020. The first-order valence-corrected chi connectivity index (χ1v) is 11.3. The quantitative estimate of drug-likeness (QED) is 0.232. The third-order valence-electron chi connectivity index (χ3n) is 4.81. The van der Waals surface area contributed by atoms with Crippen molar-refractivity contribution in [2.45, 2.75) is 17.8 Å². The number of methoxy groups -OCH3 is 2. The molecule has 12 nitrogen and oxygen atoms in total. The maximum absolute atomic E-state index is 12.7. The Morgan fingerprint density at radius 3 is 2.42 bits per heavy atom. The highest BCUT2D eigenvalue weighted by Gasteiger charge is 2.54. The topological polar surface area (TPSA) is 168 Å². The van der Waals surface area contributed by atoms with Crippen LogP contribution in [0.4, 0.5) is 0 Å². The SMILES string of the molecule is COC(=O)C(C(=O)NC1=C(C(=O)O)N2C(=O)C(NC(=O)Cc3cccs3)[C@H]2SC1)C(=O)OC. The van der Waals surface area contributed by atoms with E-state index < -0.39 is 52.8 Å². The van der Waals surface area contributed by atoms with Crippen molar-refractivity contribution in [3.05, 3.63) is 33.8 Å². The number of thiophene rings is 1. The first-order valence-electron chi connectivity index (χ1n) is 9.39. The van der Waals surface area contributed by atoms with Crippen molar-refractivity contribution < 1.29 is 43.3 Å². The lowest BCUT2D eigenvalue weighted by atomic mass is 10.0. The van der Waals surface area contributed by atoms with Crippen LogP contribution >= 0.6 is 23.1 Å². The minimum absolute atomic E-state index is 0.0613. The van der Waals surface area contributed by atoms with E-state index in [2.05, 4.69) is 20.1 Å². The van der Waals surface area contributed by atoms with Crippen molar-refractivity contribution in [1.29, 1.82) is 0 Å². The summed E-state index contributed by atoms with van der Waals surface area (Å²) >= 11 is 2.51. The lowest BCUT2D eigenvalue weighted by molar-refractivity contribution is -0.162. The van der Waals surface area contributed by atoms with Gasteiger partial charge in [0.2, 0.25) is 17.7 Å². The molecule has 176 valence electrons. The summed E-state index contributed by atoms with van der Waals surface area (Å²) in [7, 11) is 1.94. The van der Waals surface area contributed by atoms with E-state index in [0.717, 1.165) is 35.8 Å². The number of hydrogen-bond donors (Lipinski definition) is 3. The van der Waals surface area contributed by atoms with Crippen LogP contribution in [0.25, 0.3) is 0 Å².